The molecule has 1 aromatic carbocycles. The highest BCUT2D eigenvalue weighted by molar-refractivity contribution is 8.23. The highest BCUT2D eigenvalue weighted by Crippen LogP contribution is 2.38. The van der Waals surface area contributed by atoms with Gasteiger partial charge < -0.3 is 9.53 Å². The number of aliphatic hydroxyl groups is 1. The van der Waals surface area contributed by atoms with E-state index in [1.165, 1.54) is 17.3 Å². The Bertz CT molecular complexity index is 779. The summed E-state index contributed by atoms with van der Waals surface area (Å²) in [7, 11) is -2.01. The van der Waals surface area contributed by atoms with E-state index in [-0.39, 0.29) is 23.1 Å². The number of hydrogen-bond donors (Lipinski definition) is 1. The zero-order valence-electron chi connectivity index (χ0n) is 19.6. The predicted molar refractivity (Wildman–Crippen MR) is 138 cm³/mol. The molecule has 1 fully saturated rings. The van der Waals surface area contributed by atoms with Crippen LogP contribution in [-0.4, -0.2) is 52.6 Å². The van der Waals surface area contributed by atoms with Gasteiger partial charge in [0.25, 0.3) is 0 Å². The van der Waals surface area contributed by atoms with E-state index < -0.39 is 20.3 Å². The second-order valence-corrected chi connectivity index (χ2v) is 16.3. The number of thiocarbonyl (C=S) groups is 1. The van der Waals surface area contributed by atoms with Crippen molar-refractivity contribution in [1.29, 1.82) is 0 Å². The Hall–Kier alpha value is -0.993. The molecule has 1 aliphatic rings. The van der Waals surface area contributed by atoms with Gasteiger partial charge in [-0.25, -0.2) is 0 Å². The van der Waals surface area contributed by atoms with E-state index in [0.717, 1.165) is 12.2 Å². The van der Waals surface area contributed by atoms with E-state index in [0.29, 0.717) is 10.7 Å². The maximum Gasteiger partial charge on any atom is 0.233 e. The van der Waals surface area contributed by atoms with Crippen molar-refractivity contribution in [1.82, 2.24) is 4.90 Å². The maximum absolute atomic E-state index is 13.3. The average molecular weight is 480 g/mol. The first-order valence-corrected chi connectivity index (χ1v) is 15.2. The standard InChI is InChI=1S/C24H37NO3S2Si/c1-8-20(28-31(6,7)24(3,4)5)15-21(26)17(2)22(27)25-19(16-30-23(25)29)14-18-12-10-9-11-13-18/h8-13,17,19-21,26H,1,14-16H2,2-7H3/t17-,19+,20-,21+/m0/s1. The molecule has 0 bridgehead atoms. The molecule has 1 saturated heterocycles. The van der Waals surface area contributed by atoms with Gasteiger partial charge in [-0.05, 0) is 30.1 Å². The normalized spacial score (nSPS) is 20.4. The molecule has 1 heterocycles. The second-order valence-electron chi connectivity index (χ2n) is 9.87. The van der Waals surface area contributed by atoms with Crippen LogP contribution in [0.3, 0.4) is 0 Å². The van der Waals surface area contributed by atoms with Crippen LogP contribution < -0.4 is 0 Å². The van der Waals surface area contributed by atoms with Gasteiger partial charge in [0.15, 0.2) is 8.32 Å². The third-order valence-electron chi connectivity index (χ3n) is 6.47. The highest BCUT2D eigenvalue weighted by atomic mass is 32.2. The van der Waals surface area contributed by atoms with Gasteiger partial charge in [-0.3, -0.25) is 9.69 Å². The summed E-state index contributed by atoms with van der Waals surface area (Å²) in [6.45, 7) is 16.6. The molecule has 7 heteroatoms. The van der Waals surface area contributed by atoms with Crippen molar-refractivity contribution < 1.29 is 14.3 Å². The summed E-state index contributed by atoms with van der Waals surface area (Å²) in [6, 6.07) is 10.2. The van der Waals surface area contributed by atoms with Crippen LogP contribution in [-0.2, 0) is 15.6 Å². The van der Waals surface area contributed by atoms with Crippen LogP contribution in [0.15, 0.2) is 43.0 Å². The Morgan fingerprint density at radius 3 is 2.55 bits per heavy atom. The van der Waals surface area contributed by atoms with Gasteiger partial charge >= 0.3 is 0 Å². The molecule has 1 aliphatic heterocycles. The van der Waals surface area contributed by atoms with Crippen LogP contribution in [0.1, 0.15) is 39.7 Å². The van der Waals surface area contributed by atoms with Crippen molar-refractivity contribution in [3.63, 3.8) is 0 Å². The second kappa shape index (κ2) is 10.7. The molecule has 2 rings (SSSR count). The molecule has 0 aliphatic carbocycles. The number of rotatable bonds is 9. The molecule has 172 valence electrons. The molecule has 4 nitrogen and oxygen atoms in total. The minimum atomic E-state index is -2.01. The van der Waals surface area contributed by atoms with Crippen LogP contribution in [0.4, 0.5) is 0 Å². The van der Waals surface area contributed by atoms with Crippen LogP contribution in [0, 0.1) is 5.92 Å². The van der Waals surface area contributed by atoms with Crippen LogP contribution >= 0.6 is 24.0 Å². The quantitative estimate of drug-likeness (QED) is 0.291. The average Bonchev–Trinajstić information content (AvgIpc) is 3.05. The van der Waals surface area contributed by atoms with Crippen molar-refractivity contribution in [3.8, 4) is 0 Å². The Labute approximate surface area is 198 Å². The summed E-state index contributed by atoms with van der Waals surface area (Å²) in [5.74, 6) is 0.102. The van der Waals surface area contributed by atoms with E-state index in [2.05, 4.69) is 52.6 Å². The lowest BCUT2D eigenvalue weighted by Gasteiger charge is -2.39. The molecule has 1 N–H and O–H groups in total. The number of amides is 1. The first-order chi connectivity index (χ1) is 14.4. The van der Waals surface area contributed by atoms with Crippen molar-refractivity contribution in [2.24, 2.45) is 5.92 Å². The number of hydrogen-bond acceptors (Lipinski definition) is 5. The molecular formula is C24H37NO3S2Si. The summed E-state index contributed by atoms with van der Waals surface area (Å²) in [5, 5.41) is 11.0. The third kappa shape index (κ3) is 6.74. The van der Waals surface area contributed by atoms with E-state index in [9.17, 15) is 9.90 Å². The molecule has 0 spiro atoms. The molecule has 0 aromatic heterocycles. The SMILES string of the molecule is C=C[C@@H](C[C@@H](O)[C@H](C)C(=O)N1C(=S)SC[C@H]1Cc1ccccc1)O[Si](C)(C)C(C)(C)C. The van der Waals surface area contributed by atoms with Gasteiger partial charge in [-0.2, -0.15) is 0 Å². The Balaban J connectivity index is 2.06. The van der Waals surface area contributed by atoms with Crippen molar-refractivity contribution in [2.45, 2.75) is 76.9 Å². The molecule has 4 atom stereocenters. The van der Waals surface area contributed by atoms with Crippen molar-refractivity contribution >= 4 is 42.5 Å². The summed E-state index contributed by atoms with van der Waals surface area (Å²) >= 11 is 7.03. The summed E-state index contributed by atoms with van der Waals surface area (Å²) in [6.07, 6.45) is 1.74. The van der Waals surface area contributed by atoms with E-state index in [4.69, 9.17) is 16.6 Å². The largest absolute Gasteiger partial charge is 0.410 e. The Kier molecular flexibility index (Phi) is 9.11. The van der Waals surface area contributed by atoms with Crippen LogP contribution in [0.2, 0.25) is 18.1 Å². The minimum absolute atomic E-state index is 0.0146. The number of benzene rings is 1. The number of aliphatic hydroxyl groups excluding tert-OH is 1. The topological polar surface area (TPSA) is 49.8 Å². The van der Waals surface area contributed by atoms with E-state index in [1.54, 1.807) is 17.9 Å². The molecule has 31 heavy (non-hydrogen) atoms. The number of thioether (sulfide) groups is 1. The van der Waals surface area contributed by atoms with Crippen molar-refractivity contribution in [2.75, 3.05) is 5.75 Å². The lowest BCUT2D eigenvalue weighted by molar-refractivity contribution is -0.135. The van der Waals surface area contributed by atoms with Gasteiger partial charge in [-0.1, -0.05) is 88.1 Å². The van der Waals surface area contributed by atoms with Gasteiger partial charge in [-0.15, -0.1) is 6.58 Å². The van der Waals surface area contributed by atoms with Crippen LogP contribution in [0.25, 0.3) is 0 Å². The fraction of sp³-hybridized carbons (Fsp3) is 0.583. The molecule has 1 aromatic rings. The number of carbonyl (C=O) groups excluding carboxylic acids is 1. The molecule has 0 saturated carbocycles. The maximum atomic E-state index is 13.3. The van der Waals surface area contributed by atoms with Gasteiger partial charge in [0.05, 0.1) is 24.2 Å². The molecule has 1 amide bonds. The van der Waals surface area contributed by atoms with Crippen molar-refractivity contribution in [3.05, 3.63) is 48.6 Å². The van der Waals surface area contributed by atoms with Gasteiger partial charge in [0.2, 0.25) is 5.91 Å². The summed E-state index contributed by atoms with van der Waals surface area (Å²) in [5.41, 5.74) is 1.18. The zero-order valence-corrected chi connectivity index (χ0v) is 22.3. The fourth-order valence-electron chi connectivity index (χ4n) is 3.34. The molecule has 0 unspecified atom stereocenters. The van der Waals surface area contributed by atoms with Crippen LogP contribution in [0.5, 0.6) is 0 Å². The van der Waals surface area contributed by atoms with Gasteiger partial charge in [0, 0.05) is 12.2 Å². The third-order valence-corrected chi connectivity index (χ3v) is 12.5. The predicted octanol–water partition coefficient (Wildman–Crippen LogP) is 5.42. The summed E-state index contributed by atoms with van der Waals surface area (Å²) in [4.78, 5) is 15.0. The number of nitrogens with zero attached hydrogens (tertiary/aromatic N) is 1. The summed E-state index contributed by atoms with van der Waals surface area (Å²) < 4.78 is 7.00. The first kappa shape index (κ1) is 26.3. The smallest absolute Gasteiger partial charge is 0.233 e. The minimum Gasteiger partial charge on any atom is -0.410 e. The molecular weight excluding hydrogens is 442 g/mol. The van der Waals surface area contributed by atoms with E-state index in [1.807, 2.05) is 18.2 Å². The zero-order chi connectivity index (χ0) is 23.4. The Morgan fingerprint density at radius 1 is 1.39 bits per heavy atom. The molecule has 0 radical (unpaired) electrons. The Morgan fingerprint density at radius 2 is 2.00 bits per heavy atom. The van der Waals surface area contributed by atoms with Gasteiger partial charge in [0.1, 0.15) is 4.32 Å². The number of carbonyl (C=O) groups is 1. The lowest BCUT2D eigenvalue weighted by atomic mass is 9.96. The highest BCUT2D eigenvalue weighted by Gasteiger charge is 2.41. The first-order valence-electron chi connectivity index (χ1n) is 10.9. The lowest BCUT2D eigenvalue weighted by Crippen LogP contribution is -2.47. The fourth-order valence-corrected chi connectivity index (χ4v) is 6.07. The monoisotopic (exact) mass is 479 g/mol. The van der Waals surface area contributed by atoms with E-state index >= 15 is 0 Å².